The zero-order chi connectivity index (χ0) is 17.0. The van der Waals surface area contributed by atoms with E-state index in [1.807, 2.05) is 6.07 Å². The maximum absolute atomic E-state index is 12.4. The molecule has 7 heteroatoms. The number of nitrogens with zero attached hydrogens (tertiary/aromatic N) is 2. The van der Waals surface area contributed by atoms with Crippen LogP contribution in [0.2, 0.25) is 0 Å². The molecule has 3 rings (SSSR count). The van der Waals surface area contributed by atoms with Crippen LogP contribution >= 0.6 is 0 Å². The molecule has 1 aromatic carbocycles. The predicted octanol–water partition coefficient (Wildman–Crippen LogP) is 2.69. The highest BCUT2D eigenvalue weighted by atomic mass is 32.2. The minimum Gasteiger partial charge on any atom is -0.464 e. The van der Waals surface area contributed by atoms with Gasteiger partial charge in [-0.1, -0.05) is 12.1 Å². The summed E-state index contributed by atoms with van der Waals surface area (Å²) in [6.07, 6.45) is 4.77. The van der Waals surface area contributed by atoms with Gasteiger partial charge in [-0.05, 0) is 35.9 Å². The number of furan rings is 1. The van der Waals surface area contributed by atoms with Crippen molar-refractivity contribution in [3.63, 3.8) is 0 Å². The second kappa shape index (κ2) is 6.66. The molecule has 1 N–H and O–H groups in total. The van der Waals surface area contributed by atoms with E-state index in [9.17, 15) is 8.42 Å². The highest BCUT2D eigenvalue weighted by molar-refractivity contribution is 7.89. The monoisotopic (exact) mass is 339 g/mol. The first-order valence-electron chi connectivity index (χ1n) is 7.07. The van der Waals surface area contributed by atoms with Gasteiger partial charge >= 0.3 is 0 Å². The minimum absolute atomic E-state index is 0.0392. The molecule has 2 aromatic heterocycles. The predicted molar refractivity (Wildman–Crippen MR) is 87.1 cm³/mol. The van der Waals surface area contributed by atoms with Gasteiger partial charge in [-0.25, -0.2) is 13.1 Å². The number of hydrogen-bond acceptors (Lipinski definition) is 5. The van der Waals surface area contributed by atoms with Crippen molar-refractivity contribution in [2.75, 3.05) is 0 Å². The number of hydrogen-bond donors (Lipinski definition) is 1. The Morgan fingerprint density at radius 2 is 2.00 bits per heavy atom. The zero-order valence-corrected chi connectivity index (χ0v) is 13.3. The Morgan fingerprint density at radius 3 is 2.75 bits per heavy atom. The Hall–Kier alpha value is -2.95. The van der Waals surface area contributed by atoms with Crippen molar-refractivity contribution >= 4 is 10.0 Å². The van der Waals surface area contributed by atoms with Gasteiger partial charge in [0.15, 0.2) is 0 Å². The van der Waals surface area contributed by atoms with Crippen LogP contribution in [0.25, 0.3) is 11.3 Å². The molecular weight excluding hydrogens is 326 g/mol. The molecule has 0 unspecified atom stereocenters. The molecule has 0 atom stereocenters. The molecule has 0 bridgehead atoms. The van der Waals surface area contributed by atoms with Crippen molar-refractivity contribution in [3.05, 3.63) is 72.2 Å². The summed E-state index contributed by atoms with van der Waals surface area (Å²) < 4.78 is 32.6. The minimum atomic E-state index is -3.79. The number of pyridine rings is 1. The highest BCUT2D eigenvalue weighted by Crippen LogP contribution is 2.20. The van der Waals surface area contributed by atoms with Crippen molar-refractivity contribution in [3.8, 4) is 17.4 Å². The highest BCUT2D eigenvalue weighted by Gasteiger charge is 2.18. The van der Waals surface area contributed by atoms with E-state index in [-0.39, 0.29) is 17.0 Å². The van der Waals surface area contributed by atoms with E-state index in [1.165, 1.54) is 12.1 Å². The average molecular weight is 339 g/mol. The fraction of sp³-hybridized carbons (Fsp3) is 0.0588. The molecule has 0 amide bonds. The number of benzene rings is 1. The van der Waals surface area contributed by atoms with Crippen LogP contribution in [0.15, 0.2) is 70.4 Å². The Bertz CT molecular complexity index is 990. The SMILES string of the molecule is N#Cc1ccccc1S(=O)(=O)NCc1cncc(-c2ccco2)c1. The number of nitriles is 1. The summed E-state index contributed by atoms with van der Waals surface area (Å²) in [5, 5.41) is 9.05. The van der Waals surface area contributed by atoms with Crippen LogP contribution in [0.4, 0.5) is 0 Å². The van der Waals surface area contributed by atoms with Crippen LogP contribution in [0.1, 0.15) is 11.1 Å². The summed E-state index contributed by atoms with van der Waals surface area (Å²) in [5.41, 5.74) is 1.54. The van der Waals surface area contributed by atoms with Gasteiger partial charge in [0.2, 0.25) is 10.0 Å². The van der Waals surface area contributed by atoms with Crippen LogP contribution in [0.3, 0.4) is 0 Å². The van der Waals surface area contributed by atoms with Crippen LogP contribution < -0.4 is 4.72 Å². The molecule has 0 spiro atoms. The van der Waals surface area contributed by atoms with E-state index in [4.69, 9.17) is 9.68 Å². The lowest BCUT2D eigenvalue weighted by molar-refractivity contribution is 0.580. The van der Waals surface area contributed by atoms with Gasteiger partial charge in [-0.15, -0.1) is 0 Å². The molecule has 2 heterocycles. The molecule has 0 aliphatic carbocycles. The molecule has 0 aliphatic rings. The Morgan fingerprint density at radius 1 is 1.17 bits per heavy atom. The molecule has 24 heavy (non-hydrogen) atoms. The summed E-state index contributed by atoms with van der Waals surface area (Å²) >= 11 is 0. The number of rotatable bonds is 5. The third kappa shape index (κ3) is 3.35. The maximum atomic E-state index is 12.4. The van der Waals surface area contributed by atoms with Gasteiger partial charge in [-0.2, -0.15) is 5.26 Å². The third-order valence-electron chi connectivity index (χ3n) is 3.36. The van der Waals surface area contributed by atoms with Crippen molar-refractivity contribution < 1.29 is 12.8 Å². The quantitative estimate of drug-likeness (QED) is 0.771. The molecule has 0 saturated carbocycles. The summed E-state index contributed by atoms with van der Waals surface area (Å²) in [6.45, 7) is 0.0592. The van der Waals surface area contributed by atoms with Gasteiger partial charge in [0.05, 0.1) is 16.7 Å². The van der Waals surface area contributed by atoms with E-state index in [2.05, 4.69) is 9.71 Å². The van der Waals surface area contributed by atoms with Gasteiger partial charge in [0, 0.05) is 24.5 Å². The fourth-order valence-electron chi connectivity index (χ4n) is 2.21. The summed E-state index contributed by atoms with van der Waals surface area (Å²) in [7, 11) is -3.79. The number of nitrogens with one attached hydrogen (secondary N) is 1. The lowest BCUT2D eigenvalue weighted by atomic mass is 10.2. The van der Waals surface area contributed by atoms with Gasteiger partial charge in [-0.3, -0.25) is 4.98 Å². The van der Waals surface area contributed by atoms with Crippen LogP contribution in [-0.4, -0.2) is 13.4 Å². The van der Waals surface area contributed by atoms with Crippen molar-refractivity contribution in [2.45, 2.75) is 11.4 Å². The smallest absolute Gasteiger partial charge is 0.242 e. The van der Waals surface area contributed by atoms with Crippen LogP contribution in [0.5, 0.6) is 0 Å². The summed E-state index contributed by atoms with van der Waals surface area (Å²) in [4.78, 5) is 4.06. The lowest BCUT2D eigenvalue weighted by Gasteiger charge is -2.08. The lowest BCUT2D eigenvalue weighted by Crippen LogP contribution is -2.24. The standard InChI is InChI=1S/C17H13N3O3S/c18-9-14-4-1-2-6-17(14)24(21,22)20-11-13-8-15(12-19-10-13)16-5-3-7-23-16/h1-8,10,12,20H,11H2. The van der Waals surface area contributed by atoms with Crippen molar-refractivity contribution in [1.82, 2.24) is 9.71 Å². The largest absolute Gasteiger partial charge is 0.464 e. The first-order valence-corrected chi connectivity index (χ1v) is 8.55. The molecule has 3 aromatic rings. The second-order valence-electron chi connectivity index (χ2n) is 4.99. The first kappa shape index (κ1) is 15.9. The molecule has 120 valence electrons. The van der Waals surface area contributed by atoms with Gasteiger partial charge in [0.1, 0.15) is 11.8 Å². The van der Waals surface area contributed by atoms with Crippen molar-refractivity contribution in [2.24, 2.45) is 0 Å². The van der Waals surface area contributed by atoms with Gasteiger partial charge in [0.25, 0.3) is 0 Å². The number of sulfonamides is 1. The van der Waals surface area contributed by atoms with Gasteiger partial charge < -0.3 is 4.42 Å². The van der Waals surface area contributed by atoms with E-state index < -0.39 is 10.0 Å². The molecule has 6 nitrogen and oxygen atoms in total. The summed E-state index contributed by atoms with van der Waals surface area (Å²) in [6, 6.07) is 13.3. The van der Waals surface area contributed by atoms with Crippen molar-refractivity contribution in [1.29, 1.82) is 5.26 Å². The van der Waals surface area contributed by atoms with Crippen LogP contribution in [0, 0.1) is 11.3 Å². The Labute approximate surface area is 139 Å². The topological polar surface area (TPSA) is 96.0 Å². The zero-order valence-electron chi connectivity index (χ0n) is 12.5. The fourth-order valence-corrected chi connectivity index (χ4v) is 3.38. The third-order valence-corrected chi connectivity index (χ3v) is 4.82. The average Bonchev–Trinajstić information content (AvgIpc) is 3.15. The Kier molecular flexibility index (Phi) is 4.42. The van der Waals surface area contributed by atoms with E-state index in [0.29, 0.717) is 11.3 Å². The second-order valence-corrected chi connectivity index (χ2v) is 6.73. The molecule has 0 aliphatic heterocycles. The maximum Gasteiger partial charge on any atom is 0.242 e. The first-order chi connectivity index (χ1) is 11.6. The van der Waals surface area contributed by atoms with E-state index >= 15 is 0 Å². The normalized spacial score (nSPS) is 11.1. The van der Waals surface area contributed by atoms with E-state index in [0.717, 1.165) is 5.56 Å². The molecular formula is C17H13N3O3S. The molecule has 0 fully saturated rings. The number of aromatic nitrogens is 1. The van der Waals surface area contributed by atoms with Crippen LogP contribution in [-0.2, 0) is 16.6 Å². The molecule has 0 saturated heterocycles. The molecule has 0 radical (unpaired) electrons. The summed E-state index contributed by atoms with van der Waals surface area (Å²) in [5.74, 6) is 0.655. The Balaban J connectivity index is 1.81. The van der Waals surface area contributed by atoms with E-state index in [1.54, 1.807) is 49.0 Å².